The number of aromatic nitrogens is 3. The van der Waals surface area contributed by atoms with Crippen LogP contribution >= 0.6 is 0 Å². The predicted octanol–water partition coefficient (Wildman–Crippen LogP) is 5.20. The molecule has 0 atom stereocenters. The van der Waals surface area contributed by atoms with Gasteiger partial charge in [0.2, 0.25) is 5.91 Å². The molecular formula is C31H32N6O2. The van der Waals surface area contributed by atoms with E-state index in [0.717, 1.165) is 42.0 Å². The van der Waals surface area contributed by atoms with Crippen LogP contribution in [0.2, 0.25) is 0 Å². The number of ether oxygens (including phenoxy) is 1. The highest BCUT2D eigenvalue weighted by Gasteiger charge is 2.22. The number of piperazine rings is 1. The van der Waals surface area contributed by atoms with Gasteiger partial charge in [-0.25, -0.2) is 9.50 Å². The van der Waals surface area contributed by atoms with Crippen molar-refractivity contribution >= 4 is 22.8 Å². The maximum atomic E-state index is 12.8. The van der Waals surface area contributed by atoms with Crippen LogP contribution in [-0.4, -0.2) is 58.2 Å². The van der Waals surface area contributed by atoms with Crippen molar-refractivity contribution in [1.29, 1.82) is 5.26 Å². The van der Waals surface area contributed by atoms with Gasteiger partial charge in [-0.3, -0.25) is 4.79 Å². The molecule has 198 valence electrons. The molecule has 4 aromatic rings. The Labute approximate surface area is 228 Å². The Hall–Kier alpha value is -4.64. The number of allylic oxidation sites excluding steroid dienone is 2. The van der Waals surface area contributed by atoms with Gasteiger partial charge in [0.1, 0.15) is 17.6 Å². The van der Waals surface area contributed by atoms with Crippen molar-refractivity contribution in [3.8, 4) is 22.9 Å². The summed E-state index contributed by atoms with van der Waals surface area (Å²) < 4.78 is 7.40. The van der Waals surface area contributed by atoms with Crippen LogP contribution in [0.4, 0.5) is 5.82 Å². The van der Waals surface area contributed by atoms with Crippen LogP contribution in [0, 0.1) is 11.3 Å². The van der Waals surface area contributed by atoms with Crippen molar-refractivity contribution in [2.24, 2.45) is 0 Å². The maximum absolute atomic E-state index is 12.8. The van der Waals surface area contributed by atoms with E-state index in [1.165, 1.54) is 11.1 Å². The fraction of sp³-hybridized carbons (Fsp3) is 0.290. The highest BCUT2D eigenvalue weighted by Crippen LogP contribution is 2.31. The van der Waals surface area contributed by atoms with Crippen LogP contribution in [0.15, 0.2) is 73.2 Å². The van der Waals surface area contributed by atoms with Gasteiger partial charge >= 0.3 is 0 Å². The number of hydrogen-bond acceptors (Lipinski definition) is 6. The number of anilines is 1. The quantitative estimate of drug-likeness (QED) is 0.317. The first-order valence-electron chi connectivity index (χ1n) is 13.3. The normalized spacial score (nSPS) is 13.9. The molecule has 0 unspecified atom stereocenters. The van der Waals surface area contributed by atoms with Crippen molar-refractivity contribution in [1.82, 2.24) is 19.5 Å². The molecule has 1 saturated heterocycles. The van der Waals surface area contributed by atoms with E-state index >= 15 is 0 Å². The summed E-state index contributed by atoms with van der Waals surface area (Å²) >= 11 is 0. The molecule has 4 heterocycles. The lowest BCUT2D eigenvalue weighted by Crippen LogP contribution is -2.49. The number of nitriles is 1. The molecule has 0 N–H and O–H groups in total. The van der Waals surface area contributed by atoms with Gasteiger partial charge in [0, 0.05) is 49.9 Å². The molecule has 39 heavy (non-hydrogen) atoms. The first-order valence-corrected chi connectivity index (χ1v) is 13.3. The van der Waals surface area contributed by atoms with Crippen molar-refractivity contribution in [2.45, 2.75) is 26.7 Å². The number of hydrogen-bond donors (Lipinski definition) is 0. The lowest BCUT2D eigenvalue weighted by Gasteiger charge is -2.35. The Balaban J connectivity index is 1.21. The largest absolute Gasteiger partial charge is 0.492 e. The number of pyridine rings is 2. The van der Waals surface area contributed by atoms with Crippen LogP contribution < -0.4 is 9.64 Å². The second-order valence-electron chi connectivity index (χ2n) is 9.55. The Bertz CT molecular complexity index is 1510. The summed E-state index contributed by atoms with van der Waals surface area (Å²) in [6.45, 7) is 7.40. The molecule has 1 aromatic carbocycles. The third-order valence-corrected chi connectivity index (χ3v) is 7.07. The zero-order valence-corrected chi connectivity index (χ0v) is 22.4. The summed E-state index contributed by atoms with van der Waals surface area (Å²) in [5.74, 6) is 1.75. The molecule has 8 heteroatoms. The van der Waals surface area contributed by atoms with Gasteiger partial charge in [-0.1, -0.05) is 36.4 Å². The van der Waals surface area contributed by atoms with E-state index < -0.39 is 0 Å². The van der Waals surface area contributed by atoms with Gasteiger partial charge in [0.15, 0.2) is 0 Å². The number of rotatable bonds is 8. The summed E-state index contributed by atoms with van der Waals surface area (Å²) in [7, 11) is 0. The number of nitrogens with zero attached hydrogens (tertiary/aromatic N) is 6. The Morgan fingerprint density at radius 3 is 2.59 bits per heavy atom. The molecule has 1 aliphatic rings. The lowest BCUT2D eigenvalue weighted by atomic mass is 10.1. The fourth-order valence-electron chi connectivity index (χ4n) is 4.95. The van der Waals surface area contributed by atoms with Gasteiger partial charge in [-0.05, 0) is 49.6 Å². The Morgan fingerprint density at radius 1 is 1.10 bits per heavy atom. The second kappa shape index (κ2) is 11.8. The Morgan fingerprint density at radius 2 is 1.90 bits per heavy atom. The van der Waals surface area contributed by atoms with Crippen LogP contribution in [0.25, 0.3) is 22.2 Å². The molecule has 0 aliphatic carbocycles. The molecule has 0 spiro atoms. The highest BCUT2D eigenvalue weighted by molar-refractivity contribution is 5.85. The van der Waals surface area contributed by atoms with Crippen LogP contribution in [0.3, 0.4) is 0 Å². The minimum Gasteiger partial charge on any atom is -0.492 e. The molecule has 1 fully saturated rings. The van der Waals surface area contributed by atoms with E-state index in [1.54, 1.807) is 16.9 Å². The summed E-state index contributed by atoms with van der Waals surface area (Å²) in [6.07, 6.45) is 8.59. The Kier molecular flexibility index (Phi) is 7.88. The summed E-state index contributed by atoms with van der Waals surface area (Å²) in [4.78, 5) is 21.7. The SMILES string of the molecule is CCOc1cc(-c2ccc(N3CCN(C(=O)CC/C=C(\C)c4ccccc4)CC3)nc2)c2c(C#N)cnn2c1. The zero-order chi connectivity index (χ0) is 27.2. The molecule has 1 amide bonds. The molecule has 5 rings (SSSR count). The maximum Gasteiger partial charge on any atom is 0.223 e. The number of fused-ring (bicyclic) bond motifs is 1. The minimum atomic E-state index is 0.197. The number of carbonyl (C=O) groups is 1. The molecule has 0 saturated carbocycles. The number of amides is 1. The monoisotopic (exact) mass is 520 g/mol. The van der Waals surface area contributed by atoms with Gasteiger partial charge in [0.25, 0.3) is 0 Å². The van der Waals surface area contributed by atoms with E-state index in [-0.39, 0.29) is 5.91 Å². The molecule has 0 bridgehead atoms. The van der Waals surface area contributed by atoms with Gasteiger partial charge in [0.05, 0.1) is 30.1 Å². The average molecular weight is 521 g/mol. The zero-order valence-electron chi connectivity index (χ0n) is 22.4. The van der Waals surface area contributed by atoms with E-state index in [0.29, 0.717) is 37.4 Å². The minimum absolute atomic E-state index is 0.197. The molecule has 0 radical (unpaired) electrons. The first-order chi connectivity index (χ1) is 19.1. The van der Waals surface area contributed by atoms with Crippen LogP contribution in [0.1, 0.15) is 37.8 Å². The second-order valence-corrected chi connectivity index (χ2v) is 9.55. The van der Waals surface area contributed by atoms with Crippen molar-refractivity contribution in [3.63, 3.8) is 0 Å². The first kappa shape index (κ1) is 26.0. The molecule has 1 aliphatic heterocycles. The fourth-order valence-corrected chi connectivity index (χ4v) is 4.95. The number of benzene rings is 1. The van der Waals surface area contributed by atoms with Crippen molar-refractivity contribution in [3.05, 3.63) is 84.3 Å². The molecule has 3 aromatic heterocycles. The van der Waals surface area contributed by atoms with E-state index in [4.69, 9.17) is 9.72 Å². The summed E-state index contributed by atoms with van der Waals surface area (Å²) in [6, 6.07) is 18.4. The van der Waals surface area contributed by atoms with E-state index in [9.17, 15) is 10.1 Å². The highest BCUT2D eigenvalue weighted by atomic mass is 16.5. The third-order valence-electron chi connectivity index (χ3n) is 7.07. The van der Waals surface area contributed by atoms with Crippen LogP contribution in [-0.2, 0) is 4.79 Å². The van der Waals surface area contributed by atoms with Gasteiger partial charge in [-0.2, -0.15) is 10.4 Å². The predicted molar refractivity (Wildman–Crippen MR) is 152 cm³/mol. The van der Waals surface area contributed by atoms with Crippen molar-refractivity contribution < 1.29 is 9.53 Å². The molecule has 8 nitrogen and oxygen atoms in total. The average Bonchev–Trinajstić information content (AvgIpc) is 3.40. The third kappa shape index (κ3) is 5.78. The summed E-state index contributed by atoms with van der Waals surface area (Å²) in [5.41, 5.74) is 5.36. The topological polar surface area (TPSA) is 86.8 Å². The molecular weight excluding hydrogens is 488 g/mol. The van der Waals surface area contributed by atoms with Crippen molar-refractivity contribution in [2.75, 3.05) is 37.7 Å². The van der Waals surface area contributed by atoms with Crippen LogP contribution in [0.5, 0.6) is 5.75 Å². The summed E-state index contributed by atoms with van der Waals surface area (Å²) in [5, 5.41) is 13.9. The van der Waals surface area contributed by atoms with Gasteiger partial charge in [-0.15, -0.1) is 0 Å². The van der Waals surface area contributed by atoms with E-state index in [1.807, 2.05) is 54.4 Å². The lowest BCUT2D eigenvalue weighted by molar-refractivity contribution is -0.131. The standard InChI is InChI=1S/C31H32N6O2/c1-3-39-27-18-28(31-26(19-32)21-34-37(31)22-27)25-12-13-29(33-20-25)35-14-16-36(17-15-35)30(38)11-7-8-23(2)24-9-5-4-6-10-24/h4-6,8-10,12-13,18,20-22H,3,7,11,14-17H2,1-2H3/b23-8+. The van der Waals surface area contributed by atoms with Gasteiger partial charge < -0.3 is 14.5 Å². The number of carbonyl (C=O) groups excluding carboxylic acids is 1. The smallest absolute Gasteiger partial charge is 0.223 e. The van der Waals surface area contributed by atoms with E-state index in [2.05, 4.69) is 41.2 Å².